The first-order valence-corrected chi connectivity index (χ1v) is 7.81. The van der Waals surface area contributed by atoms with E-state index in [1.807, 2.05) is 29.6 Å². The molecule has 0 saturated carbocycles. The molecule has 23 heavy (non-hydrogen) atoms. The number of hydrogen-bond acceptors (Lipinski definition) is 6. The van der Waals surface area contributed by atoms with Crippen molar-refractivity contribution in [3.63, 3.8) is 0 Å². The van der Waals surface area contributed by atoms with E-state index in [9.17, 15) is 4.79 Å². The van der Waals surface area contributed by atoms with E-state index in [-0.39, 0.29) is 5.63 Å². The summed E-state index contributed by atoms with van der Waals surface area (Å²) in [5, 5.41) is 3.60. The quantitative estimate of drug-likeness (QED) is 0.529. The highest BCUT2D eigenvalue weighted by Crippen LogP contribution is 2.25. The molecule has 5 nitrogen and oxygen atoms in total. The Labute approximate surface area is 134 Å². The molecule has 4 aromatic rings. The predicted octanol–water partition coefficient (Wildman–Crippen LogP) is 4.09. The van der Waals surface area contributed by atoms with Crippen molar-refractivity contribution < 1.29 is 13.6 Å². The van der Waals surface area contributed by atoms with Gasteiger partial charge in [-0.2, -0.15) is 0 Å². The van der Waals surface area contributed by atoms with Crippen molar-refractivity contribution >= 4 is 22.3 Å². The van der Waals surface area contributed by atoms with Crippen LogP contribution >= 0.6 is 11.3 Å². The third-order valence-electron chi connectivity index (χ3n) is 3.26. The molecule has 3 aromatic heterocycles. The van der Waals surface area contributed by atoms with Gasteiger partial charge in [0.05, 0.1) is 12.0 Å². The number of nitrogens with zero attached hydrogens (tertiary/aromatic N) is 1. The fourth-order valence-electron chi connectivity index (χ4n) is 2.17. The monoisotopic (exact) mass is 325 g/mol. The Morgan fingerprint density at radius 2 is 2.09 bits per heavy atom. The molecule has 6 heteroatoms. The van der Waals surface area contributed by atoms with Crippen LogP contribution in [-0.2, 0) is 6.61 Å². The van der Waals surface area contributed by atoms with E-state index in [1.54, 1.807) is 18.4 Å². The highest BCUT2D eigenvalue weighted by molar-refractivity contribution is 7.13. The molecule has 0 unspecified atom stereocenters. The van der Waals surface area contributed by atoms with E-state index in [0.29, 0.717) is 17.9 Å². The molecule has 0 fully saturated rings. The summed E-state index contributed by atoms with van der Waals surface area (Å²) in [5.74, 6) is 1.37. The molecule has 0 amide bonds. The van der Waals surface area contributed by atoms with Crippen molar-refractivity contribution in [1.29, 1.82) is 0 Å². The number of furan rings is 1. The van der Waals surface area contributed by atoms with Gasteiger partial charge in [0, 0.05) is 22.9 Å². The zero-order valence-electron chi connectivity index (χ0n) is 11.9. The van der Waals surface area contributed by atoms with Crippen molar-refractivity contribution in [3.8, 4) is 16.5 Å². The number of benzene rings is 1. The summed E-state index contributed by atoms with van der Waals surface area (Å²) < 4.78 is 16.2. The molecule has 0 N–H and O–H groups in total. The molecular formula is C17H11NO4S. The van der Waals surface area contributed by atoms with Crippen LogP contribution in [0.25, 0.3) is 21.7 Å². The zero-order valence-corrected chi connectivity index (χ0v) is 12.7. The Hall–Kier alpha value is -2.86. The van der Waals surface area contributed by atoms with Gasteiger partial charge in [0.2, 0.25) is 0 Å². The molecular weight excluding hydrogens is 314 g/mol. The molecule has 0 aliphatic rings. The Kier molecular flexibility index (Phi) is 3.44. The highest BCUT2D eigenvalue weighted by Gasteiger charge is 2.08. The average molecular weight is 325 g/mol. The molecule has 0 aliphatic carbocycles. The SMILES string of the molecule is O=c1ccc2ccc(OCc3csc(-c4ccco4)n3)cc2o1. The van der Waals surface area contributed by atoms with Gasteiger partial charge in [0.15, 0.2) is 10.8 Å². The summed E-state index contributed by atoms with van der Waals surface area (Å²) in [6.45, 7) is 0.333. The van der Waals surface area contributed by atoms with Gasteiger partial charge in [-0.15, -0.1) is 11.3 Å². The number of hydrogen-bond donors (Lipinski definition) is 0. The summed E-state index contributed by atoms with van der Waals surface area (Å²) in [6.07, 6.45) is 1.62. The molecule has 0 radical (unpaired) electrons. The number of rotatable bonds is 4. The second kappa shape index (κ2) is 5.73. The fourth-order valence-corrected chi connectivity index (χ4v) is 2.95. The molecule has 0 aliphatic heterocycles. The van der Waals surface area contributed by atoms with Crippen LogP contribution in [0.1, 0.15) is 5.69 Å². The largest absolute Gasteiger partial charge is 0.487 e. The van der Waals surface area contributed by atoms with E-state index >= 15 is 0 Å². The van der Waals surface area contributed by atoms with E-state index in [4.69, 9.17) is 13.6 Å². The van der Waals surface area contributed by atoms with Crippen LogP contribution in [0.2, 0.25) is 0 Å². The van der Waals surface area contributed by atoms with Gasteiger partial charge >= 0.3 is 5.63 Å². The summed E-state index contributed by atoms with van der Waals surface area (Å²) in [4.78, 5) is 15.7. The van der Waals surface area contributed by atoms with Gasteiger partial charge in [0.25, 0.3) is 0 Å². The minimum absolute atomic E-state index is 0.333. The van der Waals surface area contributed by atoms with Crippen molar-refractivity contribution in [2.45, 2.75) is 6.61 Å². The number of fused-ring (bicyclic) bond motifs is 1. The molecule has 4 rings (SSSR count). The standard InChI is InChI=1S/C17H11NO4S/c19-16-6-4-11-3-5-13(8-15(11)22-16)21-9-12-10-23-17(18-12)14-2-1-7-20-14/h1-8,10H,9H2. The topological polar surface area (TPSA) is 65.5 Å². The van der Waals surface area contributed by atoms with E-state index in [2.05, 4.69) is 4.98 Å². The van der Waals surface area contributed by atoms with Gasteiger partial charge in [-0.3, -0.25) is 0 Å². The Morgan fingerprint density at radius 1 is 1.17 bits per heavy atom. The van der Waals surface area contributed by atoms with Crippen molar-refractivity contribution in [3.05, 3.63) is 70.2 Å². The third kappa shape index (κ3) is 2.89. The Morgan fingerprint density at radius 3 is 2.96 bits per heavy atom. The molecule has 0 bridgehead atoms. The fraction of sp³-hybridized carbons (Fsp3) is 0.0588. The van der Waals surface area contributed by atoms with E-state index < -0.39 is 0 Å². The van der Waals surface area contributed by atoms with Crippen LogP contribution in [-0.4, -0.2) is 4.98 Å². The van der Waals surface area contributed by atoms with E-state index in [0.717, 1.165) is 21.8 Å². The van der Waals surface area contributed by atoms with Crippen LogP contribution in [0.15, 0.2) is 67.7 Å². The Balaban J connectivity index is 1.51. The van der Waals surface area contributed by atoms with Gasteiger partial charge in [-0.25, -0.2) is 9.78 Å². The normalized spacial score (nSPS) is 11.0. The van der Waals surface area contributed by atoms with Crippen molar-refractivity contribution in [2.24, 2.45) is 0 Å². The lowest BCUT2D eigenvalue weighted by atomic mass is 10.2. The third-order valence-corrected chi connectivity index (χ3v) is 4.17. The van der Waals surface area contributed by atoms with Gasteiger partial charge in [0.1, 0.15) is 17.9 Å². The summed E-state index contributed by atoms with van der Waals surface area (Å²) in [7, 11) is 0. The van der Waals surface area contributed by atoms with Crippen LogP contribution < -0.4 is 10.4 Å². The Bertz CT molecular complexity index is 1000. The van der Waals surface area contributed by atoms with Crippen LogP contribution in [0.4, 0.5) is 0 Å². The second-order valence-electron chi connectivity index (χ2n) is 4.86. The van der Waals surface area contributed by atoms with Gasteiger partial charge in [-0.1, -0.05) is 0 Å². The molecule has 0 spiro atoms. The highest BCUT2D eigenvalue weighted by atomic mass is 32.1. The van der Waals surface area contributed by atoms with Crippen LogP contribution in [0, 0.1) is 0 Å². The van der Waals surface area contributed by atoms with Gasteiger partial charge in [-0.05, 0) is 30.3 Å². The minimum atomic E-state index is -0.378. The first-order valence-electron chi connectivity index (χ1n) is 6.93. The van der Waals surface area contributed by atoms with Crippen LogP contribution in [0.3, 0.4) is 0 Å². The van der Waals surface area contributed by atoms with Crippen molar-refractivity contribution in [1.82, 2.24) is 4.98 Å². The van der Waals surface area contributed by atoms with Crippen LogP contribution in [0.5, 0.6) is 5.75 Å². The molecule has 0 saturated heterocycles. The lowest BCUT2D eigenvalue weighted by molar-refractivity contribution is 0.302. The summed E-state index contributed by atoms with van der Waals surface area (Å²) in [6, 6.07) is 12.2. The van der Waals surface area contributed by atoms with Gasteiger partial charge < -0.3 is 13.6 Å². The number of ether oxygens (including phenoxy) is 1. The average Bonchev–Trinajstić information content (AvgIpc) is 3.23. The first kappa shape index (κ1) is 13.8. The van der Waals surface area contributed by atoms with E-state index in [1.165, 1.54) is 17.4 Å². The maximum absolute atomic E-state index is 11.3. The van der Waals surface area contributed by atoms with Crippen molar-refractivity contribution in [2.75, 3.05) is 0 Å². The minimum Gasteiger partial charge on any atom is -0.487 e. The molecule has 0 atom stereocenters. The number of aromatic nitrogens is 1. The maximum atomic E-state index is 11.3. The molecule has 1 aromatic carbocycles. The smallest absolute Gasteiger partial charge is 0.336 e. The second-order valence-corrected chi connectivity index (χ2v) is 5.72. The molecule has 3 heterocycles. The summed E-state index contributed by atoms with van der Waals surface area (Å²) >= 11 is 1.50. The maximum Gasteiger partial charge on any atom is 0.336 e. The molecule has 114 valence electrons. The lowest BCUT2D eigenvalue weighted by Crippen LogP contribution is -1.97. The number of thiazole rings is 1. The predicted molar refractivity (Wildman–Crippen MR) is 86.6 cm³/mol. The first-order chi connectivity index (χ1) is 11.3. The summed E-state index contributed by atoms with van der Waals surface area (Å²) in [5.41, 5.74) is 0.942. The lowest BCUT2D eigenvalue weighted by Gasteiger charge is -2.04. The zero-order chi connectivity index (χ0) is 15.6.